The highest BCUT2D eigenvalue weighted by Gasteiger charge is 2.18. The Hall–Kier alpha value is -3.93. The molecule has 0 saturated heterocycles. The first kappa shape index (κ1) is 21.8. The third-order valence-corrected chi connectivity index (χ3v) is 4.56. The smallest absolute Gasteiger partial charge is 0.311 e. The molecular formula is C25H24N2O4. The van der Waals surface area contributed by atoms with Crippen LogP contribution >= 0.6 is 0 Å². The molecule has 0 aromatic heterocycles. The molecule has 0 aliphatic rings. The molecule has 6 nitrogen and oxygen atoms in total. The molecule has 0 aliphatic heterocycles. The van der Waals surface area contributed by atoms with Crippen LogP contribution in [0.3, 0.4) is 0 Å². The summed E-state index contributed by atoms with van der Waals surface area (Å²) >= 11 is 0. The lowest BCUT2D eigenvalue weighted by atomic mass is 10.0. The van der Waals surface area contributed by atoms with Gasteiger partial charge in [-0.3, -0.25) is 14.4 Å². The lowest BCUT2D eigenvalue weighted by Gasteiger charge is -2.14. The Morgan fingerprint density at radius 2 is 1.32 bits per heavy atom. The molecule has 6 heteroatoms. The van der Waals surface area contributed by atoms with Crippen molar-refractivity contribution in [3.63, 3.8) is 0 Å². The van der Waals surface area contributed by atoms with Gasteiger partial charge in [0.05, 0.1) is 6.42 Å². The zero-order chi connectivity index (χ0) is 22.2. The normalized spacial score (nSPS) is 11.3. The predicted octanol–water partition coefficient (Wildman–Crippen LogP) is 4.42. The predicted molar refractivity (Wildman–Crippen MR) is 121 cm³/mol. The van der Waals surface area contributed by atoms with E-state index in [2.05, 4.69) is 10.6 Å². The number of anilines is 2. The lowest BCUT2D eigenvalue weighted by molar-refractivity contribution is -0.152. The number of rotatable bonds is 7. The molecule has 31 heavy (non-hydrogen) atoms. The fourth-order valence-electron chi connectivity index (χ4n) is 2.99. The SMILES string of the molecule is CC(=O)Nc1ccc(NC(=O)[C@H](C)OC(=O)Cc2ccc(-c3ccccc3)cc2)cc1. The first-order valence-electron chi connectivity index (χ1n) is 9.93. The van der Waals surface area contributed by atoms with Gasteiger partial charge in [0.1, 0.15) is 0 Å². The zero-order valence-electron chi connectivity index (χ0n) is 17.4. The number of carbonyl (C=O) groups excluding carboxylic acids is 3. The average molecular weight is 416 g/mol. The second-order valence-corrected chi connectivity index (χ2v) is 7.12. The number of hydrogen-bond acceptors (Lipinski definition) is 4. The Kier molecular flexibility index (Phi) is 7.17. The molecule has 0 fully saturated rings. The minimum absolute atomic E-state index is 0.0815. The monoisotopic (exact) mass is 416 g/mol. The second-order valence-electron chi connectivity index (χ2n) is 7.12. The summed E-state index contributed by atoms with van der Waals surface area (Å²) in [6, 6.07) is 24.3. The fourth-order valence-corrected chi connectivity index (χ4v) is 2.99. The number of benzene rings is 3. The van der Waals surface area contributed by atoms with Crippen LogP contribution in [0.2, 0.25) is 0 Å². The summed E-state index contributed by atoms with van der Waals surface area (Å²) in [5.74, 6) is -1.08. The quantitative estimate of drug-likeness (QED) is 0.558. The van der Waals surface area contributed by atoms with Gasteiger partial charge in [-0.05, 0) is 47.9 Å². The van der Waals surface area contributed by atoms with Crippen LogP contribution in [-0.4, -0.2) is 23.9 Å². The molecule has 0 unspecified atom stereocenters. The summed E-state index contributed by atoms with van der Waals surface area (Å²) in [5.41, 5.74) is 4.15. The second kappa shape index (κ2) is 10.2. The van der Waals surface area contributed by atoms with Crippen LogP contribution in [-0.2, 0) is 25.5 Å². The minimum Gasteiger partial charge on any atom is -0.452 e. The van der Waals surface area contributed by atoms with Crippen LogP contribution < -0.4 is 10.6 Å². The molecule has 2 amide bonds. The van der Waals surface area contributed by atoms with E-state index in [1.54, 1.807) is 24.3 Å². The molecule has 2 N–H and O–H groups in total. The zero-order valence-corrected chi connectivity index (χ0v) is 17.4. The summed E-state index contributed by atoms with van der Waals surface area (Å²) in [6.45, 7) is 2.95. The van der Waals surface area contributed by atoms with Gasteiger partial charge in [0, 0.05) is 18.3 Å². The maximum atomic E-state index is 12.3. The van der Waals surface area contributed by atoms with Gasteiger partial charge in [-0.1, -0.05) is 54.6 Å². The summed E-state index contributed by atoms with van der Waals surface area (Å²) < 4.78 is 5.27. The van der Waals surface area contributed by atoms with Gasteiger partial charge in [0.2, 0.25) is 5.91 Å². The third-order valence-electron chi connectivity index (χ3n) is 4.56. The highest BCUT2D eigenvalue weighted by Crippen LogP contribution is 2.19. The van der Waals surface area contributed by atoms with E-state index in [4.69, 9.17) is 4.74 Å². The number of esters is 1. The number of ether oxygens (including phenoxy) is 1. The van der Waals surface area contributed by atoms with Gasteiger partial charge in [-0.25, -0.2) is 0 Å². The highest BCUT2D eigenvalue weighted by atomic mass is 16.5. The van der Waals surface area contributed by atoms with E-state index >= 15 is 0 Å². The third kappa shape index (κ3) is 6.54. The van der Waals surface area contributed by atoms with Crippen LogP contribution in [0.5, 0.6) is 0 Å². The van der Waals surface area contributed by atoms with E-state index in [0.717, 1.165) is 16.7 Å². The van der Waals surface area contributed by atoms with Gasteiger partial charge in [0.15, 0.2) is 6.10 Å². The van der Waals surface area contributed by atoms with E-state index in [1.165, 1.54) is 13.8 Å². The number of carbonyl (C=O) groups is 3. The molecule has 0 spiro atoms. The summed E-state index contributed by atoms with van der Waals surface area (Å²) in [4.78, 5) is 35.6. The van der Waals surface area contributed by atoms with Gasteiger partial charge >= 0.3 is 5.97 Å². The molecule has 3 aromatic rings. The molecule has 0 aliphatic carbocycles. The van der Waals surface area contributed by atoms with Crippen molar-refractivity contribution < 1.29 is 19.1 Å². The van der Waals surface area contributed by atoms with Crippen molar-refractivity contribution in [2.45, 2.75) is 26.4 Å². The Morgan fingerprint density at radius 1 is 0.774 bits per heavy atom. The Morgan fingerprint density at radius 3 is 1.90 bits per heavy atom. The van der Waals surface area contributed by atoms with Gasteiger partial charge < -0.3 is 15.4 Å². The van der Waals surface area contributed by atoms with Crippen LogP contribution in [0, 0.1) is 0 Å². The number of hydrogen-bond donors (Lipinski definition) is 2. The van der Waals surface area contributed by atoms with Gasteiger partial charge in [-0.15, -0.1) is 0 Å². The molecule has 3 aromatic carbocycles. The molecule has 0 saturated carbocycles. The Bertz CT molecular complexity index is 1050. The Labute approximate surface area is 181 Å². The summed E-state index contributed by atoms with van der Waals surface area (Å²) in [6.07, 6.45) is -0.857. The topological polar surface area (TPSA) is 84.5 Å². The standard InChI is InChI=1S/C25H24N2O4/c1-17(25(30)27-23-14-12-22(13-15-23)26-18(2)28)31-24(29)16-19-8-10-21(11-9-19)20-6-4-3-5-7-20/h3-15,17H,16H2,1-2H3,(H,26,28)(H,27,30)/t17-/m0/s1. The minimum atomic E-state index is -0.939. The fraction of sp³-hybridized carbons (Fsp3) is 0.160. The van der Waals surface area contributed by atoms with Crippen LogP contribution in [0.4, 0.5) is 11.4 Å². The molecular weight excluding hydrogens is 392 g/mol. The molecule has 0 bridgehead atoms. The van der Waals surface area contributed by atoms with Crippen molar-refractivity contribution in [1.82, 2.24) is 0 Å². The van der Waals surface area contributed by atoms with Crippen molar-refractivity contribution in [2.75, 3.05) is 10.6 Å². The maximum Gasteiger partial charge on any atom is 0.311 e. The van der Waals surface area contributed by atoms with Crippen molar-refractivity contribution in [2.24, 2.45) is 0 Å². The van der Waals surface area contributed by atoms with Crippen molar-refractivity contribution >= 4 is 29.2 Å². The van der Waals surface area contributed by atoms with Crippen LogP contribution in [0.1, 0.15) is 19.4 Å². The van der Waals surface area contributed by atoms with Crippen LogP contribution in [0.15, 0.2) is 78.9 Å². The lowest BCUT2D eigenvalue weighted by Crippen LogP contribution is -2.30. The van der Waals surface area contributed by atoms with E-state index < -0.39 is 18.0 Å². The molecule has 1 atom stereocenters. The van der Waals surface area contributed by atoms with E-state index in [9.17, 15) is 14.4 Å². The van der Waals surface area contributed by atoms with Crippen molar-refractivity contribution in [1.29, 1.82) is 0 Å². The summed E-state index contributed by atoms with van der Waals surface area (Å²) in [5, 5.41) is 5.34. The largest absolute Gasteiger partial charge is 0.452 e. The number of amides is 2. The van der Waals surface area contributed by atoms with Gasteiger partial charge in [0.25, 0.3) is 5.91 Å². The van der Waals surface area contributed by atoms with Gasteiger partial charge in [-0.2, -0.15) is 0 Å². The Balaban J connectivity index is 1.50. The summed E-state index contributed by atoms with van der Waals surface area (Å²) in [7, 11) is 0. The molecule has 3 rings (SSSR count). The van der Waals surface area contributed by atoms with E-state index in [1.807, 2.05) is 54.6 Å². The van der Waals surface area contributed by atoms with E-state index in [0.29, 0.717) is 11.4 Å². The van der Waals surface area contributed by atoms with Crippen molar-refractivity contribution in [3.05, 3.63) is 84.4 Å². The average Bonchev–Trinajstić information content (AvgIpc) is 2.76. The maximum absolute atomic E-state index is 12.3. The molecule has 158 valence electrons. The number of nitrogens with one attached hydrogen (secondary N) is 2. The molecule has 0 heterocycles. The van der Waals surface area contributed by atoms with Crippen molar-refractivity contribution in [3.8, 4) is 11.1 Å². The van der Waals surface area contributed by atoms with E-state index in [-0.39, 0.29) is 12.3 Å². The highest BCUT2D eigenvalue weighted by molar-refractivity contribution is 5.95. The van der Waals surface area contributed by atoms with Crippen LogP contribution in [0.25, 0.3) is 11.1 Å². The first-order valence-corrected chi connectivity index (χ1v) is 9.93. The molecule has 0 radical (unpaired) electrons. The first-order chi connectivity index (χ1) is 14.9.